The number of carbonyl (C=O) groups excluding carboxylic acids is 2. The zero-order valence-corrected chi connectivity index (χ0v) is 17.6. The Balaban J connectivity index is 2.10. The van der Waals surface area contributed by atoms with E-state index in [0.29, 0.717) is 11.1 Å². The number of aliphatic hydroxyl groups is 1. The van der Waals surface area contributed by atoms with Crippen LogP contribution in [0.25, 0.3) is 5.76 Å². The molecule has 0 radical (unpaired) electrons. The molecule has 1 heterocycles. The summed E-state index contributed by atoms with van der Waals surface area (Å²) in [6.07, 6.45) is -0.0263. The Hall–Kier alpha value is -2.99. The number of ether oxygens (including phenoxy) is 1. The first-order chi connectivity index (χ1) is 14.2. The van der Waals surface area contributed by atoms with Crippen molar-refractivity contribution in [2.24, 2.45) is 0 Å². The van der Waals surface area contributed by atoms with Gasteiger partial charge in [-0.1, -0.05) is 24.3 Å². The molecule has 1 unspecified atom stereocenters. The molecule has 0 saturated carbocycles. The monoisotopic (exact) mass is 411 g/mol. The SMILES string of the molecule is Cc1ccc(/C(O)=C2/C(=O)C(=O)N(CCOC(C)C)C2c2ccc(F)cc2)cc1C. The van der Waals surface area contributed by atoms with E-state index in [1.807, 2.05) is 33.8 Å². The maximum atomic E-state index is 13.5. The molecule has 158 valence electrons. The zero-order chi connectivity index (χ0) is 22.0. The molecule has 30 heavy (non-hydrogen) atoms. The molecule has 0 aromatic heterocycles. The van der Waals surface area contributed by atoms with Gasteiger partial charge < -0.3 is 14.7 Å². The number of rotatable bonds is 6. The molecule has 2 aromatic carbocycles. The smallest absolute Gasteiger partial charge is 0.295 e. The fourth-order valence-electron chi connectivity index (χ4n) is 3.53. The van der Waals surface area contributed by atoms with E-state index in [1.54, 1.807) is 12.1 Å². The first-order valence-corrected chi connectivity index (χ1v) is 9.93. The molecule has 2 aromatic rings. The van der Waals surface area contributed by atoms with Crippen LogP contribution in [0.15, 0.2) is 48.0 Å². The minimum absolute atomic E-state index is 0.000548. The van der Waals surface area contributed by atoms with Crippen molar-refractivity contribution in [1.82, 2.24) is 4.90 Å². The standard InChI is InChI=1S/C24H26FNO4/c1-14(2)30-12-11-26-21(17-7-9-19(25)10-8-17)20(23(28)24(26)29)22(27)18-6-5-15(3)16(4)13-18/h5-10,13-14,21,27H,11-12H2,1-4H3/b22-20-. The number of aliphatic hydroxyl groups excluding tert-OH is 1. The van der Waals surface area contributed by atoms with E-state index in [0.717, 1.165) is 11.1 Å². The van der Waals surface area contributed by atoms with Crippen molar-refractivity contribution in [3.63, 3.8) is 0 Å². The molecule has 1 N–H and O–H groups in total. The number of amides is 1. The minimum atomic E-state index is -0.817. The highest BCUT2D eigenvalue weighted by Gasteiger charge is 2.45. The van der Waals surface area contributed by atoms with Gasteiger partial charge in [0.05, 0.1) is 24.3 Å². The fourth-order valence-corrected chi connectivity index (χ4v) is 3.53. The molecule has 6 heteroatoms. The van der Waals surface area contributed by atoms with Gasteiger partial charge in [-0.2, -0.15) is 0 Å². The average molecular weight is 411 g/mol. The number of Topliss-reactive ketones (excluding diaryl/α,β-unsaturated/α-hetero) is 1. The van der Waals surface area contributed by atoms with Crippen molar-refractivity contribution < 1.29 is 23.8 Å². The number of ketones is 1. The number of hydrogen-bond donors (Lipinski definition) is 1. The van der Waals surface area contributed by atoms with Crippen LogP contribution in [0, 0.1) is 19.7 Å². The van der Waals surface area contributed by atoms with Crippen molar-refractivity contribution in [3.05, 3.63) is 76.1 Å². The van der Waals surface area contributed by atoms with Gasteiger partial charge in [0.2, 0.25) is 0 Å². The van der Waals surface area contributed by atoms with E-state index in [4.69, 9.17) is 4.74 Å². The topological polar surface area (TPSA) is 66.8 Å². The lowest BCUT2D eigenvalue weighted by Crippen LogP contribution is -2.33. The van der Waals surface area contributed by atoms with Crippen LogP contribution >= 0.6 is 0 Å². The third-order valence-corrected chi connectivity index (χ3v) is 5.29. The molecule has 0 spiro atoms. The van der Waals surface area contributed by atoms with Crippen LogP contribution in [0.3, 0.4) is 0 Å². The van der Waals surface area contributed by atoms with Crippen LogP contribution in [0.1, 0.15) is 42.1 Å². The Kier molecular flexibility index (Phi) is 6.37. The number of nitrogens with zero attached hydrogens (tertiary/aromatic N) is 1. The Morgan fingerprint density at radius 2 is 1.77 bits per heavy atom. The lowest BCUT2D eigenvalue weighted by Gasteiger charge is -2.25. The third kappa shape index (κ3) is 4.28. The maximum absolute atomic E-state index is 13.5. The Labute approximate surface area is 175 Å². The number of hydrogen-bond acceptors (Lipinski definition) is 4. The van der Waals surface area contributed by atoms with E-state index in [1.165, 1.54) is 29.2 Å². The highest BCUT2D eigenvalue weighted by atomic mass is 19.1. The Morgan fingerprint density at radius 1 is 1.10 bits per heavy atom. The Morgan fingerprint density at radius 3 is 2.37 bits per heavy atom. The molecule has 0 bridgehead atoms. The molecule has 1 atom stereocenters. The van der Waals surface area contributed by atoms with Gasteiger partial charge in [-0.15, -0.1) is 0 Å². The second-order valence-electron chi connectivity index (χ2n) is 7.76. The van der Waals surface area contributed by atoms with Crippen molar-refractivity contribution in [2.75, 3.05) is 13.2 Å². The summed E-state index contributed by atoms with van der Waals surface area (Å²) in [5.74, 6) is -2.13. The summed E-state index contributed by atoms with van der Waals surface area (Å²) in [6, 6.07) is 10.1. The second kappa shape index (κ2) is 8.79. The molecule has 3 rings (SSSR count). The summed E-state index contributed by atoms with van der Waals surface area (Å²) in [7, 11) is 0. The number of halogens is 1. The predicted molar refractivity (Wildman–Crippen MR) is 112 cm³/mol. The van der Waals surface area contributed by atoms with Crippen LogP contribution in [0.2, 0.25) is 0 Å². The van der Waals surface area contributed by atoms with Crippen molar-refractivity contribution in [3.8, 4) is 0 Å². The highest BCUT2D eigenvalue weighted by Crippen LogP contribution is 2.39. The Bertz CT molecular complexity index is 995. The largest absolute Gasteiger partial charge is 0.507 e. The van der Waals surface area contributed by atoms with Gasteiger partial charge in [0.1, 0.15) is 11.6 Å². The van der Waals surface area contributed by atoms with Crippen LogP contribution in [0.4, 0.5) is 4.39 Å². The van der Waals surface area contributed by atoms with Gasteiger partial charge in [-0.25, -0.2) is 4.39 Å². The summed E-state index contributed by atoms with van der Waals surface area (Å²) in [6.45, 7) is 8.04. The van der Waals surface area contributed by atoms with E-state index in [-0.39, 0.29) is 30.6 Å². The lowest BCUT2D eigenvalue weighted by molar-refractivity contribution is -0.140. The van der Waals surface area contributed by atoms with Gasteiger partial charge in [0.25, 0.3) is 11.7 Å². The van der Waals surface area contributed by atoms with Gasteiger partial charge >= 0.3 is 0 Å². The summed E-state index contributed by atoms with van der Waals surface area (Å²) < 4.78 is 19.0. The zero-order valence-electron chi connectivity index (χ0n) is 17.6. The maximum Gasteiger partial charge on any atom is 0.295 e. The molecule has 1 amide bonds. The van der Waals surface area contributed by atoms with Gasteiger partial charge in [-0.3, -0.25) is 9.59 Å². The van der Waals surface area contributed by atoms with E-state index >= 15 is 0 Å². The molecule has 1 aliphatic rings. The van der Waals surface area contributed by atoms with Crippen LogP contribution < -0.4 is 0 Å². The van der Waals surface area contributed by atoms with E-state index < -0.39 is 23.5 Å². The summed E-state index contributed by atoms with van der Waals surface area (Å²) in [5.41, 5.74) is 3.01. The average Bonchev–Trinajstić information content (AvgIpc) is 2.95. The first kappa shape index (κ1) is 21.7. The van der Waals surface area contributed by atoms with Crippen molar-refractivity contribution in [2.45, 2.75) is 39.8 Å². The predicted octanol–water partition coefficient (Wildman–Crippen LogP) is 4.29. The van der Waals surface area contributed by atoms with Crippen LogP contribution in [-0.4, -0.2) is 41.0 Å². The minimum Gasteiger partial charge on any atom is -0.507 e. The molecule has 5 nitrogen and oxygen atoms in total. The highest BCUT2D eigenvalue weighted by molar-refractivity contribution is 6.46. The number of likely N-dealkylation sites (tertiary alicyclic amines) is 1. The molecule has 1 saturated heterocycles. The van der Waals surface area contributed by atoms with Crippen LogP contribution in [-0.2, 0) is 14.3 Å². The summed E-state index contributed by atoms with van der Waals surface area (Å²) >= 11 is 0. The third-order valence-electron chi connectivity index (χ3n) is 5.29. The number of aryl methyl sites for hydroxylation is 2. The van der Waals surface area contributed by atoms with Crippen molar-refractivity contribution >= 4 is 17.4 Å². The lowest BCUT2D eigenvalue weighted by atomic mass is 9.94. The second-order valence-corrected chi connectivity index (χ2v) is 7.76. The fraction of sp³-hybridized carbons (Fsp3) is 0.333. The van der Waals surface area contributed by atoms with E-state index in [2.05, 4.69) is 0 Å². The van der Waals surface area contributed by atoms with Crippen LogP contribution in [0.5, 0.6) is 0 Å². The quantitative estimate of drug-likeness (QED) is 0.438. The molecular weight excluding hydrogens is 385 g/mol. The molecule has 1 aliphatic heterocycles. The number of carbonyl (C=O) groups is 2. The number of benzene rings is 2. The first-order valence-electron chi connectivity index (χ1n) is 9.93. The summed E-state index contributed by atoms with van der Waals surface area (Å²) in [5, 5.41) is 11.0. The summed E-state index contributed by atoms with van der Waals surface area (Å²) in [4.78, 5) is 27.1. The normalized spacial score (nSPS) is 18.5. The molecular formula is C24H26FNO4. The van der Waals surface area contributed by atoms with Gasteiger partial charge in [-0.05, 0) is 62.6 Å². The van der Waals surface area contributed by atoms with Crippen molar-refractivity contribution in [1.29, 1.82) is 0 Å². The molecule has 1 fully saturated rings. The van der Waals surface area contributed by atoms with Gasteiger partial charge in [0.15, 0.2) is 0 Å². The van der Waals surface area contributed by atoms with E-state index in [9.17, 15) is 19.1 Å². The molecule has 0 aliphatic carbocycles. The van der Waals surface area contributed by atoms with Gasteiger partial charge in [0, 0.05) is 12.1 Å².